The molecule has 1 aliphatic rings. The van der Waals surface area contributed by atoms with Crippen molar-refractivity contribution in [1.29, 1.82) is 0 Å². The van der Waals surface area contributed by atoms with Gasteiger partial charge in [-0.3, -0.25) is 4.79 Å². The summed E-state index contributed by atoms with van der Waals surface area (Å²) in [5, 5.41) is 10.4. The number of amides is 1. The molecule has 0 spiro atoms. The molecular formula is C20H20ClN3OS. The van der Waals surface area contributed by atoms with E-state index in [-0.39, 0.29) is 11.9 Å². The zero-order valence-corrected chi connectivity index (χ0v) is 16.4. The van der Waals surface area contributed by atoms with Crippen molar-refractivity contribution < 1.29 is 4.79 Å². The van der Waals surface area contributed by atoms with Crippen LogP contribution in [0.3, 0.4) is 0 Å². The number of aryl methyl sites for hydroxylation is 2. The molecule has 0 aliphatic carbocycles. The van der Waals surface area contributed by atoms with E-state index in [1.54, 1.807) is 12.1 Å². The van der Waals surface area contributed by atoms with Gasteiger partial charge in [-0.25, -0.2) is 0 Å². The summed E-state index contributed by atoms with van der Waals surface area (Å²) in [5.74, 6) is -0.171. The van der Waals surface area contributed by atoms with E-state index in [4.69, 9.17) is 23.8 Å². The minimum atomic E-state index is -0.341. The highest BCUT2D eigenvalue weighted by molar-refractivity contribution is 7.80. The van der Waals surface area contributed by atoms with Crippen LogP contribution in [0.25, 0.3) is 0 Å². The maximum Gasteiger partial charge on any atom is 0.255 e. The van der Waals surface area contributed by atoms with Crippen LogP contribution in [-0.4, -0.2) is 11.0 Å². The van der Waals surface area contributed by atoms with Crippen molar-refractivity contribution in [3.05, 3.63) is 75.4 Å². The Balaban J connectivity index is 1.95. The van der Waals surface area contributed by atoms with Crippen LogP contribution >= 0.6 is 23.8 Å². The first kappa shape index (κ1) is 18.4. The standard InChI is InChI=1S/C20H20ClN3OS/c1-11-8-12(2)10-16(9-11)23-19(25)17-13(3)22-20(26)24-18(17)14-4-6-15(21)7-5-14/h4-10,18H,1-3H3,(H,23,25)(H2,22,24,26)/t18-/m1/s1. The summed E-state index contributed by atoms with van der Waals surface area (Å²) in [4.78, 5) is 13.0. The zero-order chi connectivity index (χ0) is 18.8. The average molecular weight is 386 g/mol. The molecule has 6 heteroatoms. The van der Waals surface area contributed by atoms with Gasteiger partial charge in [-0.1, -0.05) is 29.8 Å². The second-order valence-electron chi connectivity index (χ2n) is 6.45. The summed E-state index contributed by atoms with van der Waals surface area (Å²) in [6.07, 6.45) is 0. The number of carbonyl (C=O) groups is 1. The van der Waals surface area contributed by atoms with Crippen LogP contribution in [0, 0.1) is 13.8 Å². The molecule has 3 rings (SSSR count). The lowest BCUT2D eigenvalue weighted by molar-refractivity contribution is -0.113. The van der Waals surface area contributed by atoms with Gasteiger partial charge in [0, 0.05) is 16.4 Å². The number of rotatable bonds is 3. The number of hydrogen-bond acceptors (Lipinski definition) is 2. The van der Waals surface area contributed by atoms with Gasteiger partial charge in [0.05, 0.1) is 11.6 Å². The van der Waals surface area contributed by atoms with Gasteiger partial charge in [0.1, 0.15) is 0 Å². The SMILES string of the molecule is CC1=C(C(=O)Nc2cc(C)cc(C)c2)[C@@H](c2ccc(Cl)cc2)NC(=S)N1. The number of allylic oxidation sites excluding steroid dienone is 1. The molecule has 0 bridgehead atoms. The van der Waals surface area contributed by atoms with Crippen molar-refractivity contribution in [3.8, 4) is 0 Å². The molecule has 4 nitrogen and oxygen atoms in total. The molecule has 134 valence electrons. The van der Waals surface area contributed by atoms with Crippen LogP contribution in [0.4, 0.5) is 5.69 Å². The number of thiocarbonyl (C=S) groups is 1. The normalized spacial score (nSPS) is 16.8. The Morgan fingerprint density at radius 3 is 2.31 bits per heavy atom. The van der Waals surface area contributed by atoms with E-state index in [0.717, 1.165) is 28.1 Å². The highest BCUT2D eigenvalue weighted by Gasteiger charge is 2.29. The van der Waals surface area contributed by atoms with Gasteiger partial charge in [0.25, 0.3) is 5.91 Å². The van der Waals surface area contributed by atoms with Crippen LogP contribution in [0.1, 0.15) is 29.7 Å². The summed E-state index contributed by atoms with van der Waals surface area (Å²) in [7, 11) is 0. The Hall–Kier alpha value is -2.37. The number of benzene rings is 2. The van der Waals surface area contributed by atoms with E-state index in [9.17, 15) is 4.79 Å². The number of carbonyl (C=O) groups excluding carboxylic acids is 1. The Bertz CT molecular complexity index is 886. The molecule has 26 heavy (non-hydrogen) atoms. The highest BCUT2D eigenvalue weighted by atomic mass is 35.5. The molecule has 0 saturated heterocycles. The Labute approximate surface area is 163 Å². The third-order valence-corrected chi connectivity index (χ3v) is 4.67. The third-order valence-electron chi connectivity index (χ3n) is 4.20. The van der Waals surface area contributed by atoms with Crippen molar-refractivity contribution in [3.63, 3.8) is 0 Å². The fourth-order valence-corrected chi connectivity index (χ4v) is 3.54. The molecule has 1 aliphatic heterocycles. The highest BCUT2D eigenvalue weighted by Crippen LogP contribution is 2.29. The predicted octanol–water partition coefficient (Wildman–Crippen LogP) is 4.39. The molecule has 1 atom stereocenters. The number of hydrogen-bond donors (Lipinski definition) is 3. The molecule has 0 saturated carbocycles. The van der Waals surface area contributed by atoms with Crippen molar-refractivity contribution >= 4 is 40.5 Å². The summed E-state index contributed by atoms with van der Waals surface area (Å²) in [6, 6.07) is 13.0. The first-order chi connectivity index (χ1) is 12.3. The molecule has 1 heterocycles. The van der Waals surface area contributed by atoms with Crippen LogP contribution in [0.2, 0.25) is 5.02 Å². The molecule has 0 radical (unpaired) electrons. The average Bonchev–Trinajstić information content (AvgIpc) is 2.53. The van der Waals surface area contributed by atoms with E-state index in [1.165, 1.54) is 0 Å². The van der Waals surface area contributed by atoms with Gasteiger partial charge in [0.2, 0.25) is 0 Å². The topological polar surface area (TPSA) is 53.2 Å². The van der Waals surface area contributed by atoms with E-state index in [0.29, 0.717) is 15.7 Å². The predicted molar refractivity (Wildman–Crippen MR) is 110 cm³/mol. The largest absolute Gasteiger partial charge is 0.351 e. The van der Waals surface area contributed by atoms with Gasteiger partial charge in [-0.15, -0.1) is 0 Å². The lowest BCUT2D eigenvalue weighted by Gasteiger charge is -2.30. The molecule has 2 aromatic carbocycles. The smallest absolute Gasteiger partial charge is 0.255 e. The molecule has 1 amide bonds. The van der Waals surface area contributed by atoms with Crippen molar-refractivity contribution in [2.75, 3.05) is 5.32 Å². The van der Waals surface area contributed by atoms with Crippen LogP contribution in [0.5, 0.6) is 0 Å². The van der Waals surface area contributed by atoms with Gasteiger partial charge in [-0.2, -0.15) is 0 Å². The minimum absolute atomic E-state index is 0.171. The zero-order valence-electron chi connectivity index (χ0n) is 14.8. The maximum absolute atomic E-state index is 13.0. The third kappa shape index (κ3) is 4.06. The summed E-state index contributed by atoms with van der Waals surface area (Å²) in [5.41, 5.74) is 5.22. The van der Waals surface area contributed by atoms with Gasteiger partial charge in [-0.05, 0) is 73.9 Å². The molecule has 0 aromatic heterocycles. The van der Waals surface area contributed by atoms with Gasteiger partial charge < -0.3 is 16.0 Å². The second-order valence-corrected chi connectivity index (χ2v) is 7.30. The summed E-state index contributed by atoms with van der Waals surface area (Å²) in [6.45, 7) is 5.87. The Morgan fingerprint density at radius 1 is 1.08 bits per heavy atom. The fourth-order valence-electron chi connectivity index (χ4n) is 3.15. The number of halogens is 1. The molecule has 2 aromatic rings. The van der Waals surface area contributed by atoms with Crippen LogP contribution < -0.4 is 16.0 Å². The first-order valence-electron chi connectivity index (χ1n) is 8.27. The van der Waals surface area contributed by atoms with Gasteiger partial charge in [0.15, 0.2) is 5.11 Å². The van der Waals surface area contributed by atoms with E-state index >= 15 is 0 Å². The van der Waals surface area contributed by atoms with Crippen LogP contribution in [-0.2, 0) is 4.79 Å². The summed E-state index contributed by atoms with van der Waals surface area (Å²) < 4.78 is 0. The fraction of sp³-hybridized carbons (Fsp3) is 0.200. The minimum Gasteiger partial charge on any atom is -0.351 e. The molecule has 0 unspecified atom stereocenters. The number of anilines is 1. The molecular weight excluding hydrogens is 366 g/mol. The van der Waals surface area contributed by atoms with Gasteiger partial charge >= 0.3 is 0 Å². The molecule has 3 N–H and O–H groups in total. The van der Waals surface area contributed by atoms with E-state index in [2.05, 4.69) is 22.0 Å². The second kappa shape index (κ2) is 7.48. The van der Waals surface area contributed by atoms with Crippen molar-refractivity contribution in [2.24, 2.45) is 0 Å². The lowest BCUT2D eigenvalue weighted by atomic mass is 9.95. The monoisotopic (exact) mass is 385 g/mol. The van der Waals surface area contributed by atoms with Crippen molar-refractivity contribution in [1.82, 2.24) is 10.6 Å². The van der Waals surface area contributed by atoms with Crippen LogP contribution in [0.15, 0.2) is 53.7 Å². The Kier molecular flexibility index (Phi) is 5.30. The maximum atomic E-state index is 13.0. The van der Waals surface area contributed by atoms with Crippen molar-refractivity contribution in [2.45, 2.75) is 26.8 Å². The first-order valence-corrected chi connectivity index (χ1v) is 9.05. The number of nitrogens with one attached hydrogen (secondary N) is 3. The lowest BCUT2D eigenvalue weighted by Crippen LogP contribution is -2.45. The van der Waals surface area contributed by atoms with E-state index in [1.807, 2.05) is 45.0 Å². The quantitative estimate of drug-likeness (QED) is 0.686. The molecule has 0 fully saturated rings. The Morgan fingerprint density at radius 2 is 1.69 bits per heavy atom. The summed E-state index contributed by atoms with van der Waals surface area (Å²) >= 11 is 11.3. The van der Waals surface area contributed by atoms with E-state index < -0.39 is 0 Å².